The molecule has 8 heteroatoms. The number of fused-ring (bicyclic) bond motifs is 1. The first-order valence-electron chi connectivity index (χ1n) is 8.91. The number of nitrogens with one attached hydrogen (secondary N) is 1. The van der Waals surface area contributed by atoms with Crippen molar-refractivity contribution in [3.05, 3.63) is 23.7 Å². The zero-order valence-corrected chi connectivity index (χ0v) is 17.6. The lowest BCUT2D eigenvalue weighted by Gasteiger charge is -2.14. The van der Waals surface area contributed by atoms with E-state index in [4.69, 9.17) is 4.98 Å². The van der Waals surface area contributed by atoms with Crippen LogP contribution in [-0.2, 0) is 4.79 Å². The van der Waals surface area contributed by atoms with Crippen LogP contribution in [0.25, 0.3) is 20.8 Å². The summed E-state index contributed by atoms with van der Waals surface area (Å²) in [4.78, 5) is 29.5. The van der Waals surface area contributed by atoms with Gasteiger partial charge in [-0.05, 0) is 39.0 Å². The van der Waals surface area contributed by atoms with Gasteiger partial charge in [-0.1, -0.05) is 18.7 Å². The Morgan fingerprint density at radius 2 is 2.07 bits per heavy atom. The van der Waals surface area contributed by atoms with Crippen molar-refractivity contribution >= 4 is 45.4 Å². The summed E-state index contributed by atoms with van der Waals surface area (Å²) in [6.07, 6.45) is 6.43. The predicted octanol–water partition coefficient (Wildman–Crippen LogP) is 4.51. The highest BCUT2D eigenvalue weighted by Crippen LogP contribution is 2.36. The van der Waals surface area contributed by atoms with Crippen LogP contribution in [0.4, 0.5) is 5.82 Å². The Kier molecular flexibility index (Phi) is 6.38. The highest BCUT2D eigenvalue weighted by molar-refractivity contribution is 7.98. The maximum Gasteiger partial charge on any atom is 0.189 e. The second-order valence-electron chi connectivity index (χ2n) is 6.30. The fourth-order valence-corrected chi connectivity index (χ4v) is 4.38. The van der Waals surface area contributed by atoms with Gasteiger partial charge in [0.2, 0.25) is 0 Å². The van der Waals surface area contributed by atoms with Gasteiger partial charge >= 0.3 is 0 Å². The van der Waals surface area contributed by atoms with E-state index in [1.165, 1.54) is 11.8 Å². The van der Waals surface area contributed by atoms with Crippen LogP contribution in [0.3, 0.4) is 0 Å². The Morgan fingerprint density at radius 3 is 2.74 bits per heavy atom. The van der Waals surface area contributed by atoms with Gasteiger partial charge in [0.25, 0.3) is 0 Å². The molecule has 0 aliphatic carbocycles. The van der Waals surface area contributed by atoms with E-state index in [2.05, 4.69) is 20.3 Å². The topological polar surface area (TPSA) is 80.7 Å². The smallest absolute Gasteiger partial charge is 0.189 e. The molecule has 0 radical (unpaired) electrons. The second kappa shape index (κ2) is 8.75. The number of pyridine rings is 1. The number of hydrogen-bond donors (Lipinski definition) is 1. The monoisotopic (exact) mass is 401 g/mol. The summed E-state index contributed by atoms with van der Waals surface area (Å²) in [6, 6.07) is 1.99. The van der Waals surface area contributed by atoms with Crippen LogP contribution < -0.4 is 5.32 Å². The minimum atomic E-state index is 0.0695. The van der Waals surface area contributed by atoms with Crippen molar-refractivity contribution in [2.75, 3.05) is 18.1 Å². The molecule has 3 aromatic rings. The van der Waals surface area contributed by atoms with E-state index < -0.39 is 0 Å². The largest absolute Gasteiger partial charge is 0.369 e. The lowest BCUT2D eigenvalue weighted by molar-refractivity contribution is -0.111. The molecule has 142 valence electrons. The quantitative estimate of drug-likeness (QED) is 0.338. The molecule has 3 heterocycles. The number of carbonyl (C=O) groups is 1. The molecule has 1 N–H and O–H groups in total. The standard InChI is InChI=1S/C19H23N5OS2/c1-5-13(10-25)6-8-21-17-15(11(2)22-19(24-17)26-4)18-23-16-12(3)20-9-7-14(16)27-18/h7,9-10,13H,5-6,8H2,1-4H3,(H,21,22,24). The highest BCUT2D eigenvalue weighted by Gasteiger charge is 2.18. The number of aromatic nitrogens is 4. The van der Waals surface area contributed by atoms with Crippen molar-refractivity contribution in [3.8, 4) is 10.6 Å². The molecule has 27 heavy (non-hydrogen) atoms. The van der Waals surface area contributed by atoms with Crippen LogP contribution in [0.1, 0.15) is 31.2 Å². The summed E-state index contributed by atoms with van der Waals surface area (Å²) in [6.45, 7) is 6.66. The summed E-state index contributed by atoms with van der Waals surface area (Å²) in [5, 5.41) is 5.02. The fourth-order valence-electron chi connectivity index (χ4n) is 2.86. The Labute approximate surface area is 167 Å². The molecule has 6 nitrogen and oxygen atoms in total. The van der Waals surface area contributed by atoms with Gasteiger partial charge in [-0.2, -0.15) is 0 Å². The van der Waals surface area contributed by atoms with E-state index in [0.29, 0.717) is 6.54 Å². The van der Waals surface area contributed by atoms with Crippen LogP contribution in [0.2, 0.25) is 0 Å². The van der Waals surface area contributed by atoms with Crippen LogP contribution in [-0.4, -0.2) is 39.0 Å². The molecule has 0 spiro atoms. The maximum absolute atomic E-state index is 11.1. The first kappa shape index (κ1) is 19.7. The Balaban J connectivity index is 1.99. The van der Waals surface area contributed by atoms with E-state index in [9.17, 15) is 4.79 Å². The van der Waals surface area contributed by atoms with E-state index >= 15 is 0 Å². The molecule has 0 saturated heterocycles. The van der Waals surface area contributed by atoms with Crippen LogP contribution >= 0.6 is 23.1 Å². The van der Waals surface area contributed by atoms with Gasteiger partial charge in [-0.15, -0.1) is 11.3 Å². The van der Waals surface area contributed by atoms with Crippen LogP contribution in [0.5, 0.6) is 0 Å². The molecule has 0 fully saturated rings. The minimum absolute atomic E-state index is 0.0695. The van der Waals surface area contributed by atoms with Gasteiger partial charge in [0.1, 0.15) is 22.6 Å². The SMILES string of the molecule is CCC(C=O)CCNc1nc(SC)nc(C)c1-c1nc2c(C)nccc2s1. The molecule has 0 bridgehead atoms. The zero-order valence-electron chi connectivity index (χ0n) is 15.9. The van der Waals surface area contributed by atoms with Gasteiger partial charge in [0.05, 0.1) is 21.7 Å². The van der Waals surface area contributed by atoms with Crippen molar-refractivity contribution in [1.82, 2.24) is 19.9 Å². The lowest BCUT2D eigenvalue weighted by atomic mass is 10.0. The molecule has 0 amide bonds. The number of rotatable bonds is 8. The average Bonchev–Trinajstić information content (AvgIpc) is 3.10. The average molecular weight is 402 g/mol. The van der Waals surface area contributed by atoms with Gasteiger partial charge in [-0.25, -0.2) is 15.0 Å². The molecule has 0 saturated carbocycles. The molecular weight excluding hydrogens is 378 g/mol. The predicted molar refractivity (Wildman–Crippen MR) is 113 cm³/mol. The van der Waals surface area contributed by atoms with Gasteiger partial charge in [0.15, 0.2) is 5.16 Å². The lowest BCUT2D eigenvalue weighted by Crippen LogP contribution is -2.12. The van der Waals surface area contributed by atoms with E-state index in [1.807, 2.05) is 39.3 Å². The molecule has 3 aromatic heterocycles. The van der Waals surface area contributed by atoms with Crippen molar-refractivity contribution < 1.29 is 4.79 Å². The van der Waals surface area contributed by atoms with Crippen LogP contribution in [0.15, 0.2) is 17.4 Å². The first-order valence-corrected chi connectivity index (χ1v) is 11.0. The van der Waals surface area contributed by atoms with Crippen molar-refractivity contribution in [1.29, 1.82) is 0 Å². The zero-order chi connectivity index (χ0) is 19.4. The van der Waals surface area contributed by atoms with Gasteiger partial charge < -0.3 is 10.1 Å². The van der Waals surface area contributed by atoms with Crippen LogP contribution in [0, 0.1) is 19.8 Å². The molecule has 0 aliphatic rings. The number of hydrogen-bond acceptors (Lipinski definition) is 8. The highest BCUT2D eigenvalue weighted by atomic mass is 32.2. The third-order valence-corrected chi connectivity index (χ3v) is 6.07. The Bertz CT molecular complexity index is 957. The minimum Gasteiger partial charge on any atom is -0.369 e. The third kappa shape index (κ3) is 4.27. The summed E-state index contributed by atoms with van der Waals surface area (Å²) in [5.41, 5.74) is 3.65. The van der Waals surface area contributed by atoms with E-state index in [1.54, 1.807) is 11.3 Å². The molecule has 1 atom stereocenters. The first-order chi connectivity index (χ1) is 13.1. The molecule has 1 unspecified atom stereocenters. The molecule has 0 aliphatic heterocycles. The number of aryl methyl sites for hydroxylation is 2. The Morgan fingerprint density at radius 1 is 1.26 bits per heavy atom. The van der Waals surface area contributed by atoms with Gasteiger partial charge in [0, 0.05) is 18.7 Å². The number of carbonyl (C=O) groups excluding carboxylic acids is 1. The fraction of sp³-hybridized carbons (Fsp3) is 0.421. The number of aldehydes is 1. The molecule has 0 aromatic carbocycles. The van der Waals surface area contributed by atoms with Crippen molar-refractivity contribution in [2.24, 2.45) is 5.92 Å². The second-order valence-corrected chi connectivity index (χ2v) is 8.11. The maximum atomic E-state index is 11.1. The van der Waals surface area contributed by atoms with E-state index in [0.717, 1.165) is 62.3 Å². The summed E-state index contributed by atoms with van der Waals surface area (Å²) in [5.74, 6) is 0.845. The molecule has 3 rings (SSSR count). The normalized spacial score (nSPS) is 12.3. The number of thiazole rings is 1. The summed E-state index contributed by atoms with van der Waals surface area (Å²) >= 11 is 3.13. The summed E-state index contributed by atoms with van der Waals surface area (Å²) in [7, 11) is 0. The van der Waals surface area contributed by atoms with Crippen molar-refractivity contribution in [2.45, 2.75) is 38.8 Å². The third-order valence-electron chi connectivity index (χ3n) is 4.48. The number of thioether (sulfide) groups is 1. The Hall–Kier alpha value is -2.06. The molecular formula is C19H23N5OS2. The summed E-state index contributed by atoms with van der Waals surface area (Å²) < 4.78 is 1.10. The number of nitrogens with zero attached hydrogens (tertiary/aromatic N) is 4. The van der Waals surface area contributed by atoms with Crippen molar-refractivity contribution in [3.63, 3.8) is 0 Å². The van der Waals surface area contributed by atoms with Gasteiger partial charge in [-0.3, -0.25) is 4.98 Å². The van der Waals surface area contributed by atoms with E-state index in [-0.39, 0.29) is 5.92 Å². The number of anilines is 1.